The van der Waals surface area contributed by atoms with Crippen LogP contribution in [-0.4, -0.2) is 6.54 Å². The molecule has 0 fully saturated rings. The van der Waals surface area contributed by atoms with Crippen LogP contribution in [0.1, 0.15) is 51.6 Å². The third-order valence-corrected chi connectivity index (χ3v) is 3.51. The van der Waals surface area contributed by atoms with Gasteiger partial charge in [0.2, 0.25) is 0 Å². The van der Waals surface area contributed by atoms with E-state index in [0.29, 0.717) is 11.5 Å². The van der Waals surface area contributed by atoms with Crippen molar-refractivity contribution >= 4 is 0 Å². The van der Waals surface area contributed by atoms with Gasteiger partial charge in [0.15, 0.2) is 0 Å². The van der Waals surface area contributed by atoms with Crippen molar-refractivity contribution in [1.82, 2.24) is 5.32 Å². The smallest absolute Gasteiger partial charge is 0.130 e. The summed E-state index contributed by atoms with van der Waals surface area (Å²) in [5, 5.41) is 3.30. The van der Waals surface area contributed by atoms with Gasteiger partial charge in [0.05, 0.1) is 0 Å². The average Bonchev–Trinajstić information content (AvgIpc) is 2.35. The molecule has 0 amide bonds. The third-order valence-electron chi connectivity index (χ3n) is 3.51. The number of rotatable bonds is 7. The molecule has 3 heteroatoms. The maximum absolute atomic E-state index is 13.8. The van der Waals surface area contributed by atoms with E-state index in [4.69, 9.17) is 0 Å². The highest BCUT2D eigenvalue weighted by Crippen LogP contribution is 2.27. The first-order valence-electron chi connectivity index (χ1n) is 6.80. The molecule has 1 nitrogen and oxygen atoms in total. The van der Waals surface area contributed by atoms with E-state index >= 15 is 0 Å². The van der Waals surface area contributed by atoms with Gasteiger partial charge in [-0.15, -0.1) is 0 Å². The Morgan fingerprint density at radius 2 is 1.78 bits per heavy atom. The van der Waals surface area contributed by atoms with Gasteiger partial charge in [-0.1, -0.05) is 39.7 Å². The third kappa shape index (κ3) is 4.05. The first kappa shape index (κ1) is 15.1. The zero-order valence-electron chi connectivity index (χ0n) is 11.5. The van der Waals surface area contributed by atoms with E-state index in [9.17, 15) is 8.78 Å². The summed E-state index contributed by atoms with van der Waals surface area (Å²) in [6.07, 6.45) is 3.06. The number of halogens is 2. The van der Waals surface area contributed by atoms with Gasteiger partial charge in [-0.25, -0.2) is 8.78 Å². The van der Waals surface area contributed by atoms with Crippen molar-refractivity contribution in [2.24, 2.45) is 5.92 Å². The molecule has 0 bridgehead atoms. The van der Waals surface area contributed by atoms with Crippen LogP contribution in [0.4, 0.5) is 8.78 Å². The number of benzene rings is 1. The molecule has 0 saturated heterocycles. The Balaban J connectivity index is 2.89. The fourth-order valence-electron chi connectivity index (χ4n) is 2.31. The van der Waals surface area contributed by atoms with Crippen LogP contribution in [0.2, 0.25) is 0 Å². The van der Waals surface area contributed by atoms with Crippen LogP contribution in [0.25, 0.3) is 0 Å². The predicted octanol–water partition coefficient (Wildman–Crippen LogP) is 4.44. The Hall–Kier alpha value is -0.960. The van der Waals surface area contributed by atoms with Crippen LogP contribution >= 0.6 is 0 Å². The van der Waals surface area contributed by atoms with E-state index < -0.39 is 11.6 Å². The molecule has 0 aliphatic heterocycles. The molecule has 0 radical (unpaired) electrons. The highest BCUT2D eigenvalue weighted by molar-refractivity contribution is 5.22. The maximum Gasteiger partial charge on any atom is 0.130 e. The number of hydrogen-bond acceptors (Lipinski definition) is 1. The van der Waals surface area contributed by atoms with Gasteiger partial charge in [-0.05, 0) is 24.9 Å². The van der Waals surface area contributed by atoms with E-state index in [0.717, 1.165) is 31.9 Å². The molecule has 1 aromatic carbocycles. The summed E-state index contributed by atoms with van der Waals surface area (Å²) in [5.74, 6) is -0.403. The lowest BCUT2D eigenvalue weighted by Gasteiger charge is -2.23. The highest BCUT2D eigenvalue weighted by atomic mass is 19.1. The van der Waals surface area contributed by atoms with E-state index in [1.165, 1.54) is 6.07 Å². The predicted molar refractivity (Wildman–Crippen MR) is 71.5 cm³/mol. The summed E-state index contributed by atoms with van der Waals surface area (Å²) in [6, 6.07) is 3.82. The SMILES string of the molecule is CCNC(CC(CC)CC)c1ccc(F)cc1F. The summed E-state index contributed by atoms with van der Waals surface area (Å²) in [5.41, 5.74) is 0.574. The van der Waals surface area contributed by atoms with Gasteiger partial charge in [-0.2, -0.15) is 0 Å². The summed E-state index contributed by atoms with van der Waals surface area (Å²) in [4.78, 5) is 0. The molecule has 0 aliphatic carbocycles. The zero-order chi connectivity index (χ0) is 13.5. The first-order chi connectivity index (χ1) is 8.62. The lowest BCUT2D eigenvalue weighted by molar-refractivity contribution is 0.367. The maximum atomic E-state index is 13.8. The molecule has 0 heterocycles. The van der Waals surface area contributed by atoms with E-state index in [1.807, 2.05) is 6.92 Å². The number of hydrogen-bond donors (Lipinski definition) is 1. The fourth-order valence-corrected chi connectivity index (χ4v) is 2.31. The quantitative estimate of drug-likeness (QED) is 0.759. The van der Waals surface area contributed by atoms with Crippen LogP contribution in [0.15, 0.2) is 18.2 Å². The largest absolute Gasteiger partial charge is 0.310 e. The summed E-state index contributed by atoms with van der Waals surface area (Å²) in [6.45, 7) is 7.08. The van der Waals surface area contributed by atoms with Crippen molar-refractivity contribution in [3.63, 3.8) is 0 Å². The lowest BCUT2D eigenvalue weighted by Crippen LogP contribution is -2.24. The Kier molecular flexibility index (Phi) is 6.27. The Morgan fingerprint density at radius 1 is 1.11 bits per heavy atom. The van der Waals surface area contributed by atoms with Crippen molar-refractivity contribution in [2.75, 3.05) is 6.54 Å². The summed E-state index contributed by atoms with van der Waals surface area (Å²) in [7, 11) is 0. The van der Waals surface area contributed by atoms with Crippen molar-refractivity contribution in [3.8, 4) is 0 Å². The normalized spacial score (nSPS) is 13.0. The molecular weight excluding hydrogens is 232 g/mol. The van der Waals surface area contributed by atoms with Crippen LogP contribution < -0.4 is 5.32 Å². The lowest BCUT2D eigenvalue weighted by atomic mass is 9.91. The second kappa shape index (κ2) is 7.47. The molecular formula is C15H23F2N. The Labute approximate surface area is 109 Å². The molecule has 18 heavy (non-hydrogen) atoms. The molecule has 0 spiro atoms. The van der Waals surface area contributed by atoms with Crippen molar-refractivity contribution in [1.29, 1.82) is 0 Å². The minimum Gasteiger partial charge on any atom is -0.310 e. The van der Waals surface area contributed by atoms with Crippen LogP contribution in [0.5, 0.6) is 0 Å². The van der Waals surface area contributed by atoms with Crippen molar-refractivity contribution in [2.45, 2.75) is 46.1 Å². The molecule has 1 rings (SSSR count). The van der Waals surface area contributed by atoms with Gasteiger partial charge in [0.25, 0.3) is 0 Å². The van der Waals surface area contributed by atoms with Gasteiger partial charge >= 0.3 is 0 Å². The molecule has 0 aromatic heterocycles. The van der Waals surface area contributed by atoms with Gasteiger partial charge in [-0.3, -0.25) is 0 Å². The number of nitrogens with one attached hydrogen (secondary N) is 1. The second-order valence-corrected chi connectivity index (χ2v) is 4.69. The summed E-state index contributed by atoms with van der Waals surface area (Å²) < 4.78 is 26.7. The minimum atomic E-state index is -0.519. The van der Waals surface area contributed by atoms with Gasteiger partial charge in [0, 0.05) is 17.7 Å². The summed E-state index contributed by atoms with van der Waals surface area (Å²) >= 11 is 0. The van der Waals surface area contributed by atoms with E-state index in [1.54, 1.807) is 6.07 Å². The average molecular weight is 255 g/mol. The molecule has 102 valence electrons. The molecule has 1 aromatic rings. The van der Waals surface area contributed by atoms with Crippen LogP contribution in [0.3, 0.4) is 0 Å². The highest BCUT2D eigenvalue weighted by Gasteiger charge is 2.18. The van der Waals surface area contributed by atoms with Gasteiger partial charge < -0.3 is 5.32 Å². The van der Waals surface area contributed by atoms with E-state index in [2.05, 4.69) is 19.2 Å². The molecule has 0 saturated carbocycles. The van der Waals surface area contributed by atoms with E-state index in [-0.39, 0.29) is 6.04 Å². The monoisotopic (exact) mass is 255 g/mol. The van der Waals surface area contributed by atoms with Crippen molar-refractivity contribution < 1.29 is 8.78 Å². The molecule has 0 aliphatic rings. The Morgan fingerprint density at radius 3 is 2.28 bits per heavy atom. The molecule has 1 N–H and O–H groups in total. The molecule has 1 atom stereocenters. The van der Waals surface area contributed by atoms with Crippen molar-refractivity contribution in [3.05, 3.63) is 35.4 Å². The minimum absolute atomic E-state index is 0.0273. The first-order valence-corrected chi connectivity index (χ1v) is 6.80. The standard InChI is InChI=1S/C15H23F2N/c1-4-11(5-2)9-15(18-6-3)13-8-7-12(16)10-14(13)17/h7-8,10-11,15,18H,4-6,9H2,1-3H3. The molecule has 1 unspecified atom stereocenters. The van der Waals surface area contributed by atoms with Crippen LogP contribution in [-0.2, 0) is 0 Å². The second-order valence-electron chi connectivity index (χ2n) is 4.69. The fraction of sp³-hybridized carbons (Fsp3) is 0.600. The zero-order valence-corrected chi connectivity index (χ0v) is 11.5. The van der Waals surface area contributed by atoms with Crippen LogP contribution in [0, 0.1) is 17.6 Å². The Bertz CT molecular complexity index is 362. The topological polar surface area (TPSA) is 12.0 Å². The van der Waals surface area contributed by atoms with Gasteiger partial charge in [0.1, 0.15) is 11.6 Å².